The van der Waals surface area contributed by atoms with E-state index in [1.54, 1.807) is 32.9 Å². The van der Waals surface area contributed by atoms with Crippen molar-refractivity contribution in [3.8, 4) is 0 Å². The molecule has 1 amide bonds. The summed E-state index contributed by atoms with van der Waals surface area (Å²) in [6.07, 6.45) is -4.00. The summed E-state index contributed by atoms with van der Waals surface area (Å²) in [4.78, 5) is 17.3. The van der Waals surface area contributed by atoms with E-state index in [4.69, 9.17) is 4.74 Å². The van der Waals surface area contributed by atoms with Crippen LogP contribution in [0.5, 0.6) is 0 Å². The minimum absolute atomic E-state index is 0.211. The van der Waals surface area contributed by atoms with Crippen molar-refractivity contribution in [2.75, 3.05) is 45.1 Å². The molecule has 0 radical (unpaired) electrons. The Hall–Kier alpha value is -2.49. The number of carbonyl (C=O) groups excluding carboxylic acids is 1. The zero-order valence-electron chi connectivity index (χ0n) is 18.9. The van der Waals surface area contributed by atoms with Crippen molar-refractivity contribution in [1.82, 2.24) is 15.5 Å². The van der Waals surface area contributed by atoms with Gasteiger partial charge in [0.2, 0.25) is 0 Å². The number of anilines is 1. The zero-order valence-corrected chi connectivity index (χ0v) is 18.9. The van der Waals surface area contributed by atoms with E-state index in [9.17, 15) is 18.0 Å². The van der Waals surface area contributed by atoms with E-state index in [0.29, 0.717) is 31.2 Å². The fourth-order valence-corrected chi connectivity index (χ4v) is 2.56. The minimum Gasteiger partial charge on any atom is -0.444 e. The van der Waals surface area contributed by atoms with Crippen LogP contribution in [0.4, 0.5) is 23.7 Å². The van der Waals surface area contributed by atoms with Crippen molar-refractivity contribution < 1.29 is 22.7 Å². The summed E-state index contributed by atoms with van der Waals surface area (Å²) in [5.74, 6) is 0.561. The van der Waals surface area contributed by atoms with E-state index >= 15 is 0 Å². The molecule has 0 saturated carbocycles. The molecule has 0 aliphatic heterocycles. The highest BCUT2D eigenvalue weighted by Gasteiger charge is 2.28. The molecule has 0 aliphatic rings. The number of carbonyl (C=O) groups is 1. The molecule has 0 heterocycles. The Balaban J connectivity index is 2.45. The largest absolute Gasteiger partial charge is 0.444 e. The zero-order chi connectivity index (χ0) is 23.5. The van der Waals surface area contributed by atoms with Gasteiger partial charge in [0.15, 0.2) is 5.96 Å². The summed E-state index contributed by atoms with van der Waals surface area (Å²) in [6, 6.07) is 7.42. The summed E-state index contributed by atoms with van der Waals surface area (Å²) in [5, 5.41) is 8.93. The van der Waals surface area contributed by atoms with E-state index < -0.39 is 24.4 Å². The number of nitrogens with zero attached hydrogens (tertiary/aromatic N) is 2. The van der Waals surface area contributed by atoms with E-state index in [1.165, 1.54) is 11.9 Å². The van der Waals surface area contributed by atoms with Crippen LogP contribution >= 0.6 is 0 Å². The fourth-order valence-electron chi connectivity index (χ4n) is 2.56. The molecule has 176 valence electrons. The number of likely N-dealkylation sites (N-methyl/N-ethyl adjacent to an activating group) is 1. The second-order valence-corrected chi connectivity index (χ2v) is 8.11. The number of hydrogen-bond acceptors (Lipinski definition) is 4. The Morgan fingerprint density at radius 2 is 1.77 bits per heavy atom. The summed E-state index contributed by atoms with van der Waals surface area (Å²) in [5.41, 5.74) is 1.14. The number of benzene rings is 1. The predicted octanol–water partition coefficient (Wildman–Crippen LogP) is 3.63. The SMILES string of the molecule is CCNC(=NCCN(C)CC(F)(F)F)NCCc1ccc(NC(=O)OC(C)(C)C)cc1. The lowest BCUT2D eigenvalue weighted by atomic mass is 10.1. The highest BCUT2D eigenvalue weighted by atomic mass is 19.4. The van der Waals surface area contributed by atoms with E-state index in [2.05, 4.69) is 20.9 Å². The van der Waals surface area contributed by atoms with Crippen LogP contribution in [0.2, 0.25) is 0 Å². The van der Waals surface area contributed by atoms with Gasteiger partial charge in [-0.25, -0.2) is 4.79 Å². The van der Waals surface area contributed by atoms with Crippen LogP contribution in [0.15, 0.2) is 29.3 Å². The van der Waals surface area contributed by atoms with Crippen molar-refractivity contribution >= 4 is 17.7 Å². The first kappa shape index (κ1) is 26.5. The summed E-state index contributed by atoms with van der Waals surface area (Å²) < 4.78 is 42.3. The first-order valence-electron chi connectivity index (χ1n) is 10.2. The van der Waals surface area contributed by atoms with Gasteiger partial charge in [-0.2, -0.15) is 13.2 Å². The van der Waals surface area contributed by atoms with Crippen LogP contribution < -0.4 is 16.0 Å². The molecule has 0 aliphatic carbocycles. The van der Waals surface area contributed by atoms with Crippen LogP contribution in [0.1, 0.15) is 33.3 Å². The van der Waals surface area contributed by atoms with Gasteiger partial charge >= 0.3 is 12.3 Å². The van der Waals surface area contributed by atoms with E-state index in [0.717, 1.165) is 5.56 Å². The third-order valence-electron chi connectivity index (χ3n) is 3.85. The van der Waals surface area contributed by atoms with Crippen molar-refractivity contribution in [2.24, 2.45) is 4.99 Å². The lowest BCUT2D eigenvalue weighted by Crippen LogP contribution is -2.39. The number of guanidine groups is 1. The van der Waals surface area contributed by atoms with Crippen LogP contribution in [0, 0.1) is 0 Å². The molecule has 0 atom stereocenters. The summed E-state index contributed by atoms with van der Waals surface area (Å²) >= 11 is 0. The molecule has 0 fully saturated rings. The number of rotatable bonds is 9. The second-order valence-electron chi connectivity index (χ2n) is 8.11. The van der Waals surface area contributed by atoms with Crippen LogP contribution in [-0.2, 0) is 11.2 Å². The van der Waals surface area contributed by atoms with Gasteiger partial charge in [-0.3, -0.25) is 15.2 Å². The maximum atomic E-state index is 12.4. The Kier molecular flexibility index (Phi) is 10.6. The van der Waals surface area contributed by atoms with E-state index in [1.807, 2.05) is 19.1 Å². The second kappa shape index (κ2) is 12.4. The number of alkyl halides is 3. The lowest BCUT2D eigenvalue weighted by molar-refractivity contribution is -0.142. The van der Waals surface area contributed by atoms with Crippen LogP contribution in [-0.4, -0.2) is 68.5 Å². The average molecular weight is 446 g/mol. The number of ether oxygens (including phenoxy) is 1. The number of aliphatic imine (C=N–C) groups is 1. The van der Waals surface area contributed by atoms with Gasteiger partial charge in [0.1, 0.15) is 5.60 Å². The van der Waals surface area contributed by atoms with Crippen molar-refractivity contribution in [1.29, 1.82) is 0 Å². The standard InChI is InChI=1S/C21H34F3N5O2/c1-6-25-18(27-13-14-29(5)15-21(22,23)24)26-12-11-16-7-9-17(10-8-16)28-19(30)31-20(2,3)4/h7-10H,6,11-15H2,1-5H3,(H,28,30)(H2,25,26,27). The number of halogens is 3. The topological polar surface area (TPSA) is 78.0 Å². The Bertz CT molecular complexity index is 700. The molecule has 0 saturated heterocycles. The number of hydrogen-bond donors (Lipinski definition) is 3. The van der Waals surface area contributed by atoms with Crippen LogP contribution in [0.3, 0.4) is 0 Å². The highest BCUT2D eigenvalue weighted by molar-refractivity contribution is 5.84. The molecule has 1 rings (SSSR count). The van der Waals surface area contributed by atoms with Gasteiger partial charge in [-0.1, -0.05) is 12.1 Å². The Labute approximate surface area is 182 Å². The summed E-state index contributed by atoms with van der Waals surface area (Å²) in [6.45, 7) is 8.08. The maximum Gasteiger partial charge on any atom is 0.412 e. The van der Waals surface area contributed by atoms with Gasteiger partial charge in [0.25, 0.3) is 0 Å². The minimum atomic E-state index is -4.21. The monoisotopic (exact) mass is 445 g/mol. The molecule has 1 aromatic rings. The molecule has 0 bridgehead atoms. The molecule has 0 spiro atoms. The highest BCUT2D eigenvalue weighted by Crippen LogP contribution is 2.15. The predicted molar refractivity (Wildman–Crippen MR) is 118 cm³/mol. The molecule has 7 nitrogen and oxygen atoms in total. The molecule has 10 heteroatoms. The van der Waals surface area contributed by atoms with Gasteiger partial charge < -0.3 is 15.4 Å². The first-order valence-corrected chi connectivity index (χ1v) is 10.2. The molecular formula is C21H34F3N5O2. The molecule has 31 heavy (non-hydrogen) atoms. The average Bonchev–Trinajstić information content (AvgIpc) is 2.60. The lowest BCUT2D eigenvalue weighted by Gasteiger charge is -2.19. The third kappa shape index (κ3) is 13.4. The quantitative estimate of drug-likeness (QED) is 0.400. The molecule has 0 unspecified atom stereocenters. The van der Waals surface area contributed by atoms with Crippen molar-refractivity contribution in [3.05, 3.63) is 29.8 Å². The van der Waals surface area contributed by atoms with Gasteiger partial charge in [-0.05, 0) is 58.9 Å². The molecule has 1 aromatic carbocycles. The van der Waals surface area contributed by atoms with Gasteiger partial charge in [0, 0.05) is 25.3 Å². The van der Waals surface area contributed by atoms with Gasteiger partial charge in [0.05, 0.1) is 13.1 Å². The van der Waals surface area contributed by atoms with E-state index in [-0.39, 0.29) is 13.1 Å². The number of nitrogens with one attached hydrogen (secondary N) is 3. The normalized spacial score (nSPS) is 12.6. The third-order valence-corrected chi connectivity index (χ3v) is 3.85. The maximum absolute atomic E-state index is 12.4. The molecular weight excluding hydrogens is 411 g/mol. The first-order chi connectivity index (χ1) is 14.4. The Morgan fingerprint density at radius 3 is 2.32 bits per heavy atom. The van der Waals surface area contributed by atoms with Crippen LogP contribution in [0.25, 0.3) is 0 Å². The van der Waals surface area contributed by atoms with Gasteiger partial charge in [-0.15, -0.1) is 0 Å². The van der Waals surface area contributed by atoms with Crippen molar-refractivity contribution in [3.63, 3.8) is 0 Å². The molecule has 0 aromatic heterocycles. The Morgan fingerprint density at radius 1 is 1.13 bits per heavy atom. The summed E-state index contributed by atoms with van der Waals surface area (Å²) in [7, 11) is 1.42. The molecule has 3 N–H and O–H groups in total. The fraction of sp³-hybridized carbons (Fsp3) is 0.619. The van der Waals surface area contributed by atoms with Crippen molar-refractivity contribution in [2.45, 2.75) is 45.9 Å². The smallest absolute Gasteiger partial charge is 0.412 e. The number of amides is 1.